The van der Waals surface area contributed by atoms with E-state index < -0.39 is 0 Å². The van der Waals surface area contributed by atoms with Crippen molar-refractivity contribution in [3.8, 4) is 0 Å². The Morgan fingerprint density at radius 3 is 2.69 bits per heavy atom. The lowest BCUT2D eigenvalue weighted by Crippen LogP contribution is -2.08. The maximum atomic E-state index is 12.1. The average Bonchev–Trinajstić information content (AvgIpc) is 2.63. The van der Waals surface area contributed by atoms with Crippen molar-refractivity contribution in [1.29, 1.82) is 0 Å². The van der Waals surface area contributed by atoms with Gasteiger partial charge in [0.2, 0.25) is 5.78 Å². The van der Waals surface area contributed by atoms with Gasteiger partial charge in [-0.25, -0.2) is 4.68 Å². The summed E-state index contributed by atoms with van der Waals surface area (Å²) in [5.74, 6) is -0.105. The molecular weight excluding hydrogens is 338 g/mol. The molecule has 0 N–H and O–H groups in total. The van der Waals surface area contributed by atoms with E-state index in [1.165, 1.54) is 10.9 Å². The highest BCUT2D eigenvalue weighted by molar-refractivity contribution is 9.11. The smallest absolute Gasteiger partial charge is 0.213 e. The van der Waals surface area contributed by atoms with Crippen LogP contribution in [0.5, 0.6) is 0 Å². The minimum absolute atomic E-state index is 0.105. The summed E-state index contributed by atoms with van der Waals surface area (Å²) in [5, 5.41) is 7.41. The second-order valence-corrected chi connectivity index (χ2v) is 4.97. The molecule has 0 saturated heterocycles. The Kier molecular flexibility index (Phi) is 3.20. The molecule has 2 aromatic rings. The molecule has 0 saturated carbocycles. The van der Waals surface area contributed by atoms with Crippen LogP contribution < -0.4 is 0 Å². The fourth-order valence-corrected chi connectivity index (χ4v) is 2.53. The molecule has 1 aromatic carbocycles. The molecule has 2 rings (SSSR count). The quantitative estimate of drug-likeness (QED) is 0.787. The van der Waals surface area contributed by atoms with E-state index >= 15 is 0 Å². The Balaban J connectivity index is 2.46. The lowest BCUT2D eigenvalue weighted by atomic mass is 10.1. The maximum absolute atomic E-state index is 12.1. The molecule has 82 valence electrons. The van der Waals surface area contributed by atoms with Crippen LogP contribution in [-0.2, 0) is 7.05 Å². The van der Waals surface area contributed by atoms with Gasteiger partial charge in [0.1, 0.15) is 5.69 Å². The van der Waals surface area contributed by atoms with Crippen LogP contribution in [0.25, 0.3) is 0 Å². The van der Waals surface area contributed by atoms with Crippen molar-refractivity contribution in [2.24, 2.45) is 7.05 Å². The van der Waals surface area contributed by atoms with Crippen molar-refractivity contribution in [2.45, 2.75) is 0 Å². The van der Waals surface area contributed by atoms with Gasteiger partial charge in [0.05, 0.1) is 6.20 Å². The van der Waals surface area contributed by atoms with Crippen molar-refractivity contribution < 1.29 is 4.79 Å². The summed E-state index contributed by atoms with van der Waals surface area (Å²) in [4.78, 5) is 12.1. The number of aromatic nitrogens is 3. The van der Waals surface area contributed by atoms with Crippen LogP contribution in [0.4, 0.5) is 0 Å². The lowest BCUT2D eigenvalue weighted by molar-refractivity contribution is 0.102. The zero-order valence-corrected chi connectivity index (χ0v) is 11.5. The molecule has 0 aliphatic rings. The molecule has 0 bridgehead atoms. The van der Waals surface area contributed by atoms with E-state index in [1.807, 2.05) is 12.1 Å². The first-order chi connectivity index (χ1) is 7.59. The van der Waals surface area contributed by atoms with E-state index in [0.717, 1.165) is 8.95 Å². The van der Waals surface area contributed by atoms with Crippen molar-refractivity contribution in [2.75, 3.05) is 0 Å². The zero-order chi connectivity index (χ0) is 11.7. The predicted octanol–water partition coefficient (Wildman–Crippen LogP) is 2.57. The van der Waals surface area contributed by atoms with Crippen LogP contribution in [0.15, 0.2) is 33.3 Å². The van der Waals surface area contributed by atoms with Crippen LogP contribution in [0.1, 0.15) is 16.1 Å². The number of ketones is 1. The number of rotatable bonds is 2. The molecule has 1 aromatic heterocycles. The Hall–Kier alpha value is -1.01. The minimum Gasteiger partial charge on any atom is -0.287 e. The van der Waals surface area contributed by atoms with Crippen molar-refractivity contribution in [3.05, 3.63) is 44.6 Å². The first-order valence-corrected chi connectivity index (χ1v) is 6.02. The van der Waals surface area contributed by atoms with Gasteiger partial charge in [0.15, 0.2) is 0 Å². The lowest BCUT2D eigenvalue weighted by Gasteiger charge is -2.03. The largest absolute Gasteiger partial charge is 0.287 e. The Morgan fingerprint density at radius 1 is 1.38 bits per heavy atom. The Bertz CT molecular complexity index is 551. The predicted molar refractivity (Wildman–Crippen MR) is 66.3 cm³/mol. The fourth-order valence-electron chi connectivity index (χ4n) is 1.31. The Labute approximate surface area is 109 Å². The van der Waals surface area contributed by atoms with Crippen LogP contribution >= 0.6 is 31.9 Å². The number of carbonyl (C=O) groups excluding carboxylic acids is 1. The van der Waals surface area contributed by atoms with Crippen LogP contribution in [0, 0.1) is 0 Å². The number of halogens is 2. The maximum Gasteiger partial charge on any atom is 0.213 e. The van der Waals surface area contributed by atoms with Gasteiger partial charge in [-0.1, -0.05) is 21.1 Å². The van der Waals surface area contributed by atoms with E-state index in [1.54, 1.807) is 13.1 Å². The third kappa shape index (κ3) is 2.08. The van der Waals surface area contributed by atoms with E-state index in [9.17, 15) is 4.79 Å². The number of nitrogens with zero attached hydrogens (tertiary/aromatic N) is 3. The molecular formula is C10H7Br2N3O. The number of hydrogen-bond acceptors (Lipinski definition) is 3. The molecule has 0 atom stereocenters. The van der Waals surface area contributed by atoms with Crippen molar-refractivity contribution in [3.63, 3.8) is 0 Å². The van der Waals surface area contributed by atoms with Gasteiger partial charge in [-0.2, -0.15) is 0 Å². The standard InChI is InChI=1S/C10H7Br2N3O/c1-15-9(5-13-14-15)10(16)7-3-2-6(11)4-8(7)12/h2-5H,1H3. The van der Waals surface area contributed by atoms with Crippen LogP contribution in [-0.4, -0.2) is 20.8 Å². The average molecular weight is 345 g/mol. The molecule has 4 nitrogen and oxygen atoms in total. The van der Waals surface area contributed by atoms with Gasteiger partial charge in [0.25, 0.3) is 0 Å². The summed E-state index contributed by atoms with van der Waals surface area (Å²) >= 11 is 6.69. The molecule has 0 spiro atoms. The minimum atomic E-state index is -0.105. The van der Waals surface area contributed by atoms with E-state index in [4.69, 9.17) is 0 Å². The fraction of sp³-hybridized carbons (Fsp3) is 0.100. The number of benzene rings is 1. The summed E-state index contributed by atoms with van der Waals surface area (Å²) in [7, 11) is 1.69. The third-order valence-corrected chi connectivity index (χ3v) is 3.27. The monoisotopic (exact) mass is 343 g/mol. The van der Waals surface area contributed by atoms with Gasteiger partial charge < -0.3 is 0 Å². The molecule has 0 fully saturated rings. The molecule has 0 unspecified atom stereocenters. The van der Waals surface area contributed by atoms with Gasteiger partial charge in [-0.3, -0.25) is 4.79 Å². The Morgan fingerprint density at radius 2 is 2.12 bits per heavy atom. The molecule has 0 aliphatic heterocycles. The zero-order valence-electron chi connectivity index (χ0n) is 8.32. The van der Waals surface area contributed by atoms with Crippen LogP contribution in [0.2, 0.25) is 0 Å². The second-order valence-electron chi connectivity index (χ2n) is 3.20. The SMILES string of the molecule is Cn1nncc1C(=O)c1ccc(Br)cc1Br. The third-order valence-electron chi connectivity index (χ3n) is 2.12. The number of carbonyl (C=O) groups is 1. The summed E-state index contributed by atoms with van der Waals surface area (Å²) in [6.07, 6.45) is 1.46. The van der Waals surface area contributed by atoms with Gasteiger partial charge >= 0.3 is 0 Å². The van der Waals surface area contributed by atoms with Crippen molar-refractivity contribution in [1.82, 2.24) is 15.0 Å². The van der Waals surface area contributed by atoms with Crippen molar-refractivity contribution >= 4 is 37.6 Å². The van der Waals surface area contributed by atoms with E-state index in [2.05, 4.69) is 42.2 Å². The van der Waals surface area contributed by atoms with E-state index in [0.29, 0.717) is 11.3 Å². The highest BCUT2D eigenvalue weighted by atomic mass is 79.9. The number of hydrogen-bond donors (Lipinski definition) is 0. The van der Waals surface area contributed by atoms with Gasteiger partial charge in [0, 0.05) is 21.6 Å². The first-order valence-electron chi connectivity index (χ1n) is 4.44. The molecule has 0 aliphatic carbocycles. The van der Waals surface area contributed by atoms with Crippen LogP contribution in [0.3, 0.4) is 0 Å². The normalized spacial score (nSPS) is 10.4. The first kappa shape index (κ1) is 11.5. The molecule has 0 amide bonds. The van der Waals surface area contributed by atoms with E-state index in [-0.39, 0.29) is 5.78 Å². The van der Waals surface area contributed by atoms with Gasteiger partial charge in [-0.15, -0.1) is 5.10 Å². The summed E-state index contributed by atoms with van der Waals surface area (Å²) < 4.78 is 3.11. The highest BCUT2D eigenvalue weighted by Crippen LogP contribution is 2.23. The second kappa shape index (κ2) is 4.47. The molecule has 0 radical (unpaired) electrons. The number of aryl methyl sites for hydroxylation is 1. The summed E-state index contributed by atoms with van der Waals surface area (Å²) in [5.41, 5.74) is 1.05. The van der Waals surface area contributed by atoms with Gasteiger partial charge in [-0.05, 0) is 34.1 Å². The topological polar surface area (TPSA) is 47.8 Å². The molecule has 6 heteroatoms. The summed E-state index contributed by atoms with van der Waals surface area (Å²) in [6.45, 7) is 0. The molecule has 16 heavy (non-hydrogen) atoms. The summed E-state index contributed by atoms with van der Waals surface area (Å²) in [6, 6.07) is 5.41. The highest BCUT2D eigenvalue weighted by Gasteiger charge is 2.16. The molecule has 1 heterocycles.